The number of rotatable bonds is 15. The van der Waals surface area contributed by atoms with Crippen molar-refractivity contribution in [1.29, 1.82) is 0 Å². The summed E-state index contributed by atoms with van der Waals surface area (Å²) in [5, 5.41) is 0. The first-order valence-corrected chi connectivity index (χ1v) is 10.8. The molecule has 1 aromatic heterocycles. The summed E-state index contributed by atoms with van der Waals surface area (Å²) in [4.78, 5) is 0. The van der Waals surface area contributed by atoms with Crippen molar-refractivity contribution in [1.82, 2.24) is 0 Å². The molecule has 0 aromatic carbocycles. The van der Waals surface area contributed by atoms with Crippen molar-refractivity contribution in [2.24, 2.45) is 0 Å². The molecule has 0 aliphatic heterocycles. The molecule has 0 bridgehead atoms. The summed E-state index contributed by atoms with van der Waals surface area (Å²) < 4.78 is 2.44. The van der Waals surface area contributed by atoms with Gasteiger partial charge in [-0.25, -0.2) is 4.57 Å². The average Bonchev–Trinajstić information content (AvgIpc) is 2.60. The van der Waals surface area contributed by atoms with Gasteiger partial charge in [-0.3, -0.25) is 0 Å². The Morgan fingerprint density at radius 2 is 1.17 bits per heavy atom. The van der Waals surface area contributed by atoms with Crippen LogP contribution < -0.4 is 4.57 Å². The van der Waals surface area contributed by atoms with E-state index in [9.17, 15) is 0 Å². The summed E-state index contributed by atoms with van der Waals surface area (Å²) >= 11 is 0. The fourth-order valence-electron chi connectivity index (χ4n) is 3.43. The lowest BCUT2D eigenvalue weighted by Crippen LogP contribution is -2.33. The van der Waals surface area contributed by atoms with Crippen molar-refractivity contribution in [3.8, 4) is 0 Å². The third-order valence-corrected chi connectivity index (χ3v) is 5.07. The molecule has 1 aromatic rings. The molecule has 0 radical (unpaired) electrons. The molecule has 24 heavy (non-hydrogen) atoms. The van der Waals surface area contributed by atoms with Gasteiger partial charge in [0.25, 0.3) is 0 Å². The van der Waals surface area contributed by atoms with Crippen LogP contribution >= 0.6 is 0 Å². The highest BCUT2D eigenvalue weighted by Gasteiger charge is 2.09. The predicted molar refractivity (Wildman–Crippen MR) is 106 cm³/mol. The highest BCUT2D eigenvalue weighted by atomic mass is 14.9. The molecule has 1 nitrogen and oxygen atoms in total. The Kier molecular flexibility index (Phi) is 12.8. The van der Waals surface area contributed by atoms with Crippen LogP contribution in [-0.4, -0.2) is 0 Å². The fraction of sp³-hybridized carbons (Fsp3) is 0.783. The van der Waals surface area contributed by atoms with Crippen LogP contribution in [0.15, 0.2) is 18.5 Å². The molecule has 0 fully saturated rings. The van der Waals surface area contributed by atoms with Crippen LogP contribution in [0.1, 0.15) is 109 Å². The number of nitrogens with zero attached hydrogens (tertiary/aromatic N) is 1. The van der Waals surface area contributed by atoms with Crippen molar-refractivity contribution in [3.63, 3.8) is 0 Å². The van der Waals surface area contributed by atoms with Crippen LogP contribution in [0.3, 0.4) is 0 Å². The first-order valence-electron chi connectivity index (χ1n) is 10.8. The average molecular weight is 333 g/mol. The Bertz CT molecular complexity index is 410. The highest BCUT2D eigenvalue weighted by molar-refractivity contribution is 5.21. The summed E-state index contributed by atoms with van der Waals surface area (Å²) in [5.41, 5.74) is 3.24. The number of unbranched alkanes of at least 4 members (excludes halogenated alkanes) is 9. The lowest BCUT2D eigenvalue weighted by atomic mass is 9.98. The number of hydrogen-bond acceptors (Lipinski definition) is 0. The van der Waals surface area contributed by atoms with E-state index in [0.717, 1.165) is 0 Å². The molecule has 0 unspecified atom stereocenters. The molecule has 1 rings (SSSR count). The summed E-state index contributed by atoms with van der Waals surface area (Å²) in [7, 11) is 0. The van der Waals surface area contributed by atoms with Gasteiger partial charge in [0, 0.05) is 18.1 Å². The monoisotopic (exact) mass is 332 g/mol. The van der Waals surface area contributed by atoms with Gasteiger partial charge in [0.15, 0.2) is 12.4 Å². The molecule has 1 heterocycles. The van der Waals surface area contributed by atoms with Crippen molar-refractivity contribution in [3.05, 3.63) is 29.6 Å². The van der Waals surface area contributed by atoms with Gasteiger partial charge in [-0.05, 0) is 37.7 Å². The van der Waals surface area contributed by atoms with E-state index in [2.05, 4.69) is 43.8 Å². The maximum atomic E-state index is 2.47. The highest BCUT2D eigenvalue weighted by Crippen LogP contribution is 2.15. The molecular formula is C23H42N+. The van der Waals surface area contributed by atoms with Crippen LogP contribution in [0.5, 0.6) is 0 Å². The third-order valence-electron chi connectivity index (χ3n) is 5.07. The van der Waals surface area contributed by atoms with Gasteiger partial charge in [0.2, 0.25) is 0 Å². The Morgan fingerprint density at radius 1 is 0.625 bits per heavy atom. The van der Waals surface area contributed by atoms with E-state index >= 15 is 0 Å². The van der Waals surface area contributed by atoms with Crippen LogP contribution in [0, 0.1) is 0 Å². The molecule has 0 N–H and O–H groups in total. The van der Waals surface area contributed by atoms with Gasteiger partial charge in [-0.2, -0.15) is 0 Å². The Morgan fingerprint density at radius 3 is 1.75 bits per heavy atom. The molecular weight excluding hydrogens is 290 g/mol. The number of aromatic nitrogens is 1. The van der Waals surface area contributed by atoms with Gasteiger partial charge in [0.1, 0.15) is 6.54 Å². The van der Waals surface area contributed by atoms with E-state index in [1.54, 1.807) is 11.1 Å². The summed E-state index contributed by atoms with van der Waals surface area (Å²) in [6, 6.07) is 2.42. The van der Waals surface area contributed by atoms with Crippen molar-refractivity contribution >= 4 is 0 Å². The van der Waals surface area contributed by atoms with Gasteiger partial charge >= 0.3 is 0 Å². The second kappa shape index (κ2) is 14.5. The molecule has 0 aliphatic carbocycles. The Balaban J connectivity index is 2.58. The second-order valence-corrected chi connectivity index (χ2v) is 7.42. The standard InChI is InChI=1S/C23H42N/c1-4-7-10-13-16-22-18-20-24(19-15-12-9-6-3)21-23(22)17-14-11-8-5-2/h18,20-21H,4-17,19H2,1-3H3/q+1. The number of pyridine rings is 1. The molecule has 138 valence electrons. The van der Waals surface area contributed by atoms with Gasteiger partial charge in [0.05, 0.1) is 0 Å². The first-order chi connectivity index (χ1) is 11.8. The zero-order valence-corrected chi connectivity index (χ0v) is 16.8. The number of hydrogen-bond donors (Lipinski definition) is 0. The number of aryl methyl sites for hydroxylation is 3. The van der Waals surface area contributed by atoms with Crippen LogP contribution in [-0.2, 0) is 19.4 Å². The Hall–Kier alpha value is -0.850. The summed E-state index contributed by atoms with van der Waals surface area (Å²) in [6.45, 7) is 8.07. The van der Waals surface area contributed by atoms with E-state index < -0.39 is 0 Å². The third kappa shape index (κ3) is 9.45. The maximum absolute atomic E-state index is 2.47. The van der Waals surface area contributed by atoms with E-state index in [0.29, 0.717) is 0 Å². The minimum atomic E-state index is 1.19. The lowest BCUT2D eigenvalue weighted by Gasteiger charge is -2.09. The minimum Gasteiger partial charge on any atom is -0.205 e. The van der Waals surface area contributed by atoms with E-state index in [1.807, 2.05) is 0 Å². The molecule has 0 atom stereocenters. The van der Waals surface area contributed by atoms with Crippen molar-refractivity contribution < 1.29 is 4.57 Å². The van der Waals surface area contributed by atoms with Crippen LogP contribution in [0.25, 0.3) is 0 Å². The molecule has 0 aliphatic rings. The van der Waals surface area contributed by atoms with Gasteiger partial charge in [-0.15, -0.1) is 0 Å². The zero-order chi connectivity index (χ0) is 17.5. The topological polar surface area (TPSA) is 3.88 Å². The van der Waals surface area contributed by atoms with Crippen LogP contribution in [0.4, 0.5) is 0 Å². The molecule has 0 saturated carbocycles. The normalized spacial score (nSPS) is 11.1. The fourth-order valence-corrected chi connectivity index (χ4v) is 3.43. The SMILES string of the molecule is CCCCCCc1cc[n+](CCCCCC)cc1CCCCCC. The van der Waals surface area contributed by atoms with Crippen LogP contribution in [0.2, 0.25) is 0 Å². The molecule has 1 heteroatoms. The minimum absolute atomic E-state index is 1.19. The quantitative estimate of drug-likeness (QED) is 0.245. The molecule has 0 amide bonds. The second-order valence-electron chi connectivity index (χ2n) is 7.42. The zero-order valence-electron chi connectivity index (χ0n) is 16.8. The smallest absolute Gasteiger partial charge is 0.172 e. The van der Waals surface area contributed by atoms with Crippen molar-refractivity contribution in [2.75, 3.05) is 0 Å². The largest absolute Gasteiger partial charge is 0.205 e. The van der Waals surface area contributed by atoms with Gasteiger partial charge in [-0.1, -0.05) is 72.1 Å². The first kappa shape index (κ1) is 21.2. The van der Waals surface area contributed by atoms with Gasteiger partial charge < -0.3 is 0 Å². The Labute approximate surface area is 151 Å². The predicted octanol–water partition coefficient (Wildman–Crippen LogP) is 6.80. The maximum Gasteiger partial charge on any atom is 0.172 e. The summed E-state index contributed by atoms with van der Waals surface area (Å²) in [5.74, 6) is 0. The van der Waals surface area contributed by atoms with Crippen molar-refractivity contribution in [2.45, 2.75) is 117 Å². The van der Waals surface area contributed by atoms with E-state index in [4.69, 9.17) is 0 Å². The van der Waals surface area contributed by atoms with E-state index in [1.165, 1.54) is 96.4 Å². The molecule has 0 spiro atoms. The molecule has 0 saturated heterocycles. The summed E-state index contributed by atoms with van der Waals surface area (Å²) in [6.07, 6.45) is 23.7. The van der Waals surface area contributed by atoms with E-state index in [-0.39, 0.29) is 0 Å². The lowest BCUT2D eigenvalue weighted by molar-refractivity contribution is -0.697.